The van der Waals surface area contributed by atoms with Gasteiger partial charge in [0.05, 0.1) is 17.1 Å². The summed E-state index contributed by atoms with van der Waals surface area (Å²) in [6.45, 7) is 2.17. The third-order valence-electron chi connectivity index (χ3n) is 2.62. The minimum absolute atomic E-state index is 0.140. The highest BCUT2D eigenvalue weighted by Crippen LogP contribution is 2.30. The lowest BCUT2D eigenvalue weighted by molar-refractivity contribution is 0.0953. The second-order valence-electron chi connectivity index (χ2n) is 4.03. The molecule has 102 valence electrons. The summed E-state index contributed by atoms with van der Waals surface area (Å²) in [5.41, 5.74) is 0.744. The number of carbonyl (C=O) groups excluding carboxylic acids is 1. The van der Waals surface area contributed by atoms with E-state index in [9.17, 15) is 4.79 Å². The molecule has 0 aromatic carbocycles. The molecule has 8 heteroatoms. The molecule has 6 nitrogen and oxygen atoms in total. The maximum atomic E-state index is 12.1. The molecule has 0 aliphatic rings. The number of hydrogen-bond donors (Lipinski definition) is 2. The summed E-state index contributed by atoms with van der Waals surface area (Å²) in [6.07, 6.45) is 1.41. The highest BCUT2D eigenvalue weighted by atomic mass is 32.1. The lowest BCUT2D eigenvalue weighted by Gasteiger charge is -2.00. The van der Waals surface area contributed by atoms with E-state index < -0.39 is 0 Å². The van der Waals surface area contributed by atoms with Gasteiger partial charge in [-0.15, -0.1) is 22.7 Å². The molecule has 3 rings (SSSR count). The lowest BCUT2D eigenvalue weighted by atomic mass is 10.3. The second-order valence-corrected chi connectivity index (χ2v) is 5.97. The van der Waals surface area contributed by atoms with E-state index in [2.05, 4.69) is 25.5 Å². The van der Waals surface area contributed by atoms with Crippen molar-refractivity contribution in [3.05, 3.63) is 40.2 Å². The van der Waals surface area contributed by atoms with Gasteiger partial charge in [0.2, 0.25) is 0 Å². The van der Waals surface area contributed by atoms with Crippen LogP contribution in [0.5, 0.6) is 0 Å². The van der Waals surface area contributed by atoms with Crippen molar-refractivity contribution in [1.82, 2.24) is 25.5 Å². The van der Waals surface area contributed by atoms with Gasteiger partial charge in [-0.2, -0.15) is 5.10 Å². The summed E-state index contributed by atoms with van der Waals surface area (Å²) >= 11 is 3.02. The third-order valence-corrected chi connectivity index (χ3v) is 4.81. The predicted octanol–water partition coefficient (Wildman–Crippen LogP) is 2.23. The molecule has 3 aromatic heterocycles. The van der Waals surface area contributed by atoms with E-state index in [1.165, 1.54) is 17.7 Å². The molecule has 0 aliphatic carbocycles. The minimum Gasteiger partial charge on any atom is -0.344 e. The molecule has 2 N–H and O–H groups in total. The van der Waals surface area contributed by atoms with Crippen LogP contribution in [0.1, 0.15) is 21.2 Å². The SMILES string of the molecule is Cc1nc(-c2cccs2)sc1C(=O)NCc1ncn[nH]1. The van der Waals surface area contributed by atoms with Crippen molar-refractivity contribution in [3.63, 3.8) is 0 Å². The van der Waals surface area contributed by atoms with Crippen LogP contribution in [-0.2, 0) is 6.54 Å². The smallest absolute Gasteiger partial charge is 0.263 e. The highest BCUT2D eigenvalue weighted by Gasteiger charge is 2.16. The van der Waals surface area contributed by atoms with E-state index in [1.807, 2.05) is 24.4 Å². The average molecular weight is 305 g/mol. The fraction of sp³-hybridized carbons (Fsp3) is 0.167. The van der Waals surface area contributed by atoms with Crippen LogP contribution in [0.3, 0.4) is 0 Å². The number of thiazole rings is 1. The number of rotatable bonds is 4. The van der Waals surface area contributed by atoms with Crippen molar-refractivity contribution in [2.24, 2.45) is 0 Å². The molecule has 0 unspecified atom stereocenters. The van der Waals surface area contributed by atoms with E-state index in [0.29, 0.717) is 17.2 Å². The summed E-state index contributed by atoms with van der Waals surface area (Å²) in [4.78, 5) is 22.3. The van der Waals surface area contributed by atoms with E-state index in [4.69, 9.17) is 0 Å². The van der Waals surface area contributed by atoms with Gasteiger partial charge in [-0.05, 0) is 18.4 Å². The number of aromatic amines is 1. The maximum Gasteiger partial charge on any atom is 0.263 e. The van der Waals surface area contributed by atoms with Gasteiger partial charge in [0.15, 0.2) is 0 Å². The van der Waals surface area contributed by atoms with Crippen LogP contribution in [0.15, 0.2) is 23.8 Å². The van der Waals surface area contributed by atoms with Gasteiger partial charge in [0, 0.05) is 0 Å². The molecule has 0 aliphatic heterocycles. The molecule has 0 saturated carbocycles. The van der Waals surface area contributed by atoms with Crippen molar-refractivity contribution < 1.29 is 4.79 Å². The Balaban J connectivity index is 1.75. The Bertz CT molecular complexity index is 702. The predicted molar refractivity (Wildman–Crippen MR) is 77.7 cm³/mol. The van der Waals surface area contributed by atoms with Gasteiger partial charge >= 0.3 is 0 Å². The number of H-pyrrole nitrogens is 1. The van der Waals surface area contributed by atoms with Crippen molar-refractivity contribution in [1.29, 1.82) is 0 Å². The molecule has 0 saturated heterocycles. The van der Waals surface area contributed by atoms with Gasteiger partial charge in [-0.3, -0.25) is 9.89 Å². The van der Waals surface area contributed by atoms with Crippen LogP contribution < -0.4 is 5.32 Å². The van der Waals surface area contributed by atoms with Gasteiger partial charge < -0.3 is 5.32 Å². The fourth-order valence-corrected chi connectivity index (χ4v) is 3.45. The number of aromatic nitrogens is 4. The van der Waals surface area contributed by atoms with Crippen LogP contribution >= 0.6 is 22.7 Å². The van der Waals surface area contributed by atoms with Crippen LogP contribution in [-0.4, -0.2) is 26.1 Å². The number of nitrogens with one attached hydrogen (secondary N) is 2. The Labute approximate surface area is 122 Å². The molecule has 0 atom stereocenters. The average Bonchev–Trinajstić information content (AvgIpc) is 3.17. The minimum atomic E-state index is -0.140. The van der Waals surface area contributed by atoms with Crippen molar-refractivity contribution >= 4 is 28.6 Å². The Morgan fingerprint density at radius 2 is 2.40 bits per heavy atom. The number of amides is 1. The summed E-state index contributed by atoms with van der Waals surface area (Å²) in [5.74, 6) is 0.484. The Kier molecular flexibility index (Phi) is 3.57. The fourth-order valence-electron chi connectivity index (χ4n) is 1.67. The molecule has 0 spiro atoms. The third kappa shape index (κ3) is 2.61. The molecule has 20 heavy (non-hydrogen) atoms. The summed E-state index contributed by atoms with van der Waals surface area (Å²) < 4.78 is 0. The summed E-state index contributed by atoms with van der Waals surface area (Å²) in [7, 11) is 0. The first-order valence-electron chi connectivity index (χ1n) is 5.88. The molecule has 0 radical (unpaired) electrons. The first kappa shape index (κ1) is 12.9. The van der Waals surface area contributed by atoms with Crippen molar-refractivity contribution in [3.8, 4) is 9.88 Å². The topological polar surface area (TPSA) is 83.6 Å². The van der Waals surface area contributed by atoms with Gasteiger partial charge in [-0.1, -0.05) is 6.07 Å². The highest BCUT2D eigenvalue weighted by molar-refractivity contribution is 7.22. The number of carbonyl (C=O) groups is 1. The van der Waals surface area contributed by atoms with E-state index in [0.717, 1.165) is 15.6 Å². The zero-order valence-electron chi connectivity index (χ0n) is 10.6. The van der Waals surface area contributed by atoms with Gasteiger partial charge in [0.1, 0.15) is 22.0 Å². The van der Waals surface area contributed by atoms with Crippen LogP contribution in [0.2, 0.25) is 0 Å². The molecular formula is C12H11N5OS2. The van der Waals surface area contributed by atoms with Crippen LogP contribution in [0.4, 0.5) is 0 Å². The van der Waals surface area contributed by atoms with E-state index in [-0.39, 0.29) is 5.91 Å². The quantitative estimate of drug-likeness (QED) is 0.774. The molecule has 3 aromatic rings. The monoisotopic (exact) mass is 305 g/mol. The molecule has 1 amide bonds. The summed E-state index contributed by atoms with van der Waals surface area (Å²) in [5, 5.41) is 12.1. The zero-order chi connectivity index (χ0) is 13.9. The Hall–Kier alpha value is -2.06. The van der Waals surface area contributed by atoms with Gasteiger partial charge in [-0.25, -0.2) is 9.97 Å². The zero-order valence-corrected chi connectivity index (χ0v) is 12.2. The molecular weight excluding hydrogens is 294 g/mol. The normalized spacial score (nSPS) is 10.7. The molecule has 0 fully saturated rings. The first-order valence-corrected chi connectivity index (χ1v) is 7.57. The van der Waals surface area contributed by atoms with Crippen molar-refractivity contribution in [2.45, 2.75) is 13.5 Å². The van der Waals surface area contributed by atoms with Gasteiger partial charge in [0.25, 0.3) is 5.91 Å². The molecule has 0 bridgehead atoms. The lowest BCUT2D eigenvalue weighted by Crippen LogP contribution is -2.23. The Morgan fingerprint density at radius 1 is 1.50 bits per heavy atom. The second kappa shape index (κ2) is 5.51. The molecule has 3 heterocycles. The first-order chi connectivity index (χ1) is 9.74. The number of nitrogens with zero attached hydrogens (tertiary/aromatic N) is 3. The Morgan fingerprint density at radius 3 is 3.10 bits per heavy atom. The number of hydrogen-bond acceptors (Lipinski definition) is 6. The van der Waals surface area contributed by atoms with E-state index >= 15 is 0 Å². The van der Waals surface area contributed by atoms with E-state index in [1.54, 1.807) is 11.3 Å². The number of aryl methyl sites for hydroxylation is 1. The maximum absolute atomic E-state index is 12.1. The van der Waals surface area contributed by atoms with Crippen molar-refractivity contribution in [2.75, 3.05) is 0 Å². The standard InChI is InChI=1S/C12H11N5OS2/c1-7-10(11(18)13-5-9-14-6-15-17-9)20-12(16-7)8-3-2-4-19-8/h2-4,6H,5H2,1H3,(H,13,18)(H,14,15,17). The van der Waals surface area contributed by atoms with Crippen LogP contribution in [0, 0.1) is 6.92 Å². The van der Waals surface area contributed by atoms with Crippen LogP contribution in [0.25, 0.3) is 9.88 Å². The largest absolute Gasteiger partial charge is 0.344 e. The summed E-state index contributed by atoms with van der Waals surface area (Å²) in [6, 6.07) is 3.97. The number of thiophene rings is 1.